The monoisotopic (exact) mass is 643 g/mol. The van der Waals surface area contributed by atoms with E-state index < -0.39 is 47.9 Å². The molecule has 12 heteroatoms. The summed E-state index contributed by atoms with van der Waals surface area (Å²) >= 11 is 0. The molecule has 12 nitrogen and oxygen atoms in total. The highest BCUT2D eigenvalue weighted by Crippen LogP contribution is 2.41. The number of carboxylic acid groups (broad SMARTS) is 1. The van der Waals surface area contributed by atoms with E-state index in [4.69, 9.17) is 20.6 Å². The first-order valence-corrected chi connectivity index (χ1v) is 15.2. The number of benzene rings is 3. The molecule has 1 aliphatic heterocycles. The maximum Gasteiger partial charge on any atom is 0.329 e. The Morgan fingerprint density at radius 3 is 2.21 bits per heavy atom. The number of nitrogens with one attached hydrogen (secondary N) is 2. The van der Waals surface area contributed by atoms with Crippen LogP contribution < -0.4 is 20.5 Å². The number of rotatable bonds is 14. The summed E-state index contributed by atoms with van der Waals surface area (Å²) < 4.78 is 10.8. The Labute approximate surface area is 274 Å². The smallest absolute Gasteiger partial charge is 0.329 e. The third-order valence-corrected chi connectivity index (χ3v) is 8.37. The summed E-state index contributed by atoms with van der Waals surface area (Å²) in [5.74, 6) is -1.93. The van der Waals surface area contributed by atoms with Gasteiger partial charge in [0, 0.05) is 23.7 Å². The lowest BCUT2D eigenvalue weighted by atomic mass is 9.88. The van der Waals surface area contributed by atoms with Crippen molar-refractivity contribution < 1.29 is 33.8 Å². The molecule has 248 valence electrons. The molecule has 4 rings (SSSR count). The third kappa shape index (κ3) is 7.21. The molecule has 1 fully saturated rings. The number of carbonyl (C=O) groups excluding carboxylic acids is 3. The van der Waals surface area contributed by atoms with E-state index in [0.717, 1.165) is 10.5 Å². The zero-order valence-corrected chi connectivity index (χ0v) is 27.2. The van der Waals surface area contributed by atoms with Gasteiger partial charge in [0.05, 0.1) is 26.7 Å². The molecule has 1 saturated heterocycles. The minimum absolute atomic E-state index is 0.0770. The van der Waals surface area contributed by atoms with Crippen LogP contribution in [0.15, 0.2) is 72.8 Å². The number of urea groups is 1. The lowest BCUT2D eigenvalue weighted by Gasteiger charge is -2.32. The van der Waals surface area contributed by atoms with Crippen LogP contribution in [0.3, 0.4) is 0 Å². The van der Waals surface area contributed by atoms with Crippen molar-refractivity contribution >= 4 is 29.7 Å². The minimum atomic E-state index is -1.52. The summed E-state index contributed by atoms with van der Waals surface area (Å²) in [4.78, 5) is 57.6. The summed E-state index contributed by atoms with van der Waals surface area (Å²) in [5, 5.41) is 20.3. The number of amidine groups is 1. The summed E-state index contributed by atoms with van der Waals surface area (Å²) in [6.45, 7) is 5.45. The average molecular weight is 644 g/mol. The molecule has 5 N–H and O–H groups in total. The van der Waals surface area contributed by atoms with Crippen molar-refractivity contribution in [2.45, 2.75) is 57.8 Å². The molecule has 0 spiro atoms. The molecule has 2 unspecified atom stereocenters. The van der Waals surface area contributed by atoms with E-state index in [1.807, 2.05) is 44.2 Å². The van der Waals surface area contributed by atoms with Crippen molar-refractivity contribution in [1.29, 1.82) is 5.41 Å². The Kier molecular flexibility index (Phi) is 10.5. The Morgan fingerprint density at radius 1 is 1.00 bits per heavy atom. The Hall–Kier alpha value is -5.39. The van der Waals surface area contributed by atoms with Gasteiger partial charge in [-0.15, -0.1) is 0 Å². The number of hydrogen-bond donors (Lipinski definition) is 4. The highest BCUT2D eigenvalue weighted by molar-refractivity contribution is 6.10. The van der Waals surface area contributed by atoms with Crippen LogP contribution in [0.1, 0.15) is 61.9 Å². The van der Waals surface area contributed by atoms with Crippen LogP contribution in [0.25, 0.3) is 0 Å². The average Bonchev–Trinajstić information content (AvgIpc) is 3.23. The summed E-state index contributed by atoms with van der Waals surface area (Å²) in [6, 6.07) is 17.6. The zero-order valence-electron chi connectivity index (χ0n) is 27.2. The van der Waals surface area contributed by atoms with Gasteiger partial charge < -0.3 is 30.5 Å². The number of nitrogen functional groups attached to an aromatic ring is 1. The van der Waals surface area contributed by atoms with Crippen LogP contribution in [-0.4, -0.2) is 64.8 Å². The summed E-state index contributed by atoms with van der Waals surface area (Å²) in [5.41, 5.74) is 6.26. The van der Waals surface area contributed by atoms with Gasteiger partial charge >= 0.3 is 12.0 Å². The van der Waals surface area contributed by atoms with Gasteiger partial charge in [0.25, 0.3) is 5.91 Å². The fourth-order valence-corrected chi connectivity index (χ4v) is 5.84. The van der Waals surface area contributed by atoms with Crippen molar-refractivity contribution in [2.75, 3.05) is 14.2 Å². The van der Waals surface area contributed by atoms with Crippen LogP contribution in [0.5, 0.6) is 11.5 Å². The van der Waals surface area contributed by atoms with Gasteiger partial charge in [-0.2, -0.15) is 0 Å². The van der Waals surface area contributed by atoms with Gasteiger partial charge in [-0.25, -0.2) is 9.69 Å². The quantitative estimate of drug-likeness (QED) is 0.113. The molecule has 1 heterocycles. The van der Waals surface area contributed by atoms with E-state index >= 15 is 0 Å². The normalized spacial score (nSPS) is 17.4. The van der Waals surface area contributed by atoms with Gasteiger partial charge in [-0.05, 0) is 42.5 Å². The largest absolute Gasteiger partial charge is 0.497 e. The van der Waals surface area contributed by atoms with Crippen molar-refractivity contribution in [3.05, 3.63) is 95.1 Å². The second-order valence-corrected chi connectivity index (χ2v) is 12.0. The molecule has 3 aromatic carbocycles. The van der Waals surface area contributed by atoms with Gasteiger partial charge in [0.1, 0.15) is 28.9 Å². The van der Waals surface area contributed by atoms with Crippen LogP contribution in [0.2, 0.25) is 0 Å². The maximum atomic E-state index is 14.6. The molecule has 3 aromatic rings. The van der Waals surface area contributed by atoms with Gasteiger partial charge in [-0.1, -0.05) is 68.4 Å². The molecule has 0 bridgehead atoms. The number of aliphatic carboxylic acids is 1. The first-order valence-electron chi connectivity index (χ1n) is 15.2. The second-order valence-electron chi connectivity index (χ2n) is 12.0. The molecule has 0 saturated carbocycles. The topological polar surface area (TPSA) is 175 Å². The number of nitrogens with two attached hydrogens (primary N) is 1. The Balaban J connectivity index is 1.78. The molecular weight excluding hydrogens is 602 g/mol. The second kappa shape index (κ2) is 14.4. The number of carbonyl (C=O) groups is 4. The predicted molar refractivity (Wildman–Crippen MR) is 175 cm³/mol. The molecular formula is C35H41N5O7. The molecule has 47 heavy (non-hydrogen) atoms. The molecule has 0 radical (unpaired) electrons. The Bertz CT molecular complexity index is 1640. The first kappa shape index (κ1) is 34.5. The number of ether oxygens (including phenoxy) is 2. The highest BCUT2D eigenvalue weighted by atomic mass is 16.5. The Morgan fingerprint density at radius 2 is 1.66 bits per heavy atom. The van der Waals surface area contributed by atoms with Crippen molar-refractivity contribution in [1.82, 2.24) is 15.1 Å². The molecule has 0 aliphatic carbocycles. The molecule has 4 amide bonds. The van der Waals surface area contributed by atoms with Crippen LogP contribution in [0, 0.1) is 11.3 Å². The van der Waals surface area contributed by atoms with Crippen LogP contribution >= 0.6 is 0 Å². The number of hydrogen-bond acceptors (Lipinski definition) is 7. The van der Waals surface area contributed by atoms with E-state index in [-0.39, 0.29) is 24.7 Å². The fourth-order valence-electron chi connectivity index (χ4n) is 5.84. The molecule has 0 aromatic heterocycles. The lowest BCUT2D eigenvalue weighted by Crippen LogP contribution is -2.52. The number of nitrogens with zero attached hydrogens (tertiary/aromatic N) is 2. The number of methoxy groups -OCH3 is 2. The fraction of sp³-hybridized carbons (Fsp3) is 0.343. The first-order chi connectivity index (χ1) is 22.3. The molecule has 1 aliphatic rings. The SMILES string of the molecule is COc1ccc(C(CC(=O)O)NC(=O)C(CC(C)C)N2C(=O)N(Cc3ccccc3)[C@@](C)(c3ccc(C(=N)N)cc3)C2=O)c(OC)c1. The van der Waals surface area contributed by atoms with E-state index in [0.29, 0.717) is 28.2 Å². The summed E-state index contributed by atoms with van der Waals surface area (Å²) in [7, 11) is 2.91. The standard InChI is InChI=1S/C35H41N5O7/c1-21(2)17-28(32(43)38-27(19-30(41)42)26-16-15-25(46-4)18-29(26)47-5)40-33(44)35(3,24-13-11-23(12-14-24)31(36)37)39(34(40)45)20-22-9-7-6-8-10-22/h6-16,18,21,27-28H,17,19-20H2,1-5H3,(H3,36,37)(H,38,43)(H,41,42)/t27?,28?,35-/m0/s1. The maximum absolute atomic E-state index is 14.6. The van der Waals surface area contributed by atoms with E-state index in [2.05, 4.69) is 5.32 Å². The van der Waals surface area contributed by atoms with Crippen LogP contribution in [0.4, 0.5) is 4.79 Å². The predicted octanol–water partition coefficient (Wildman–Crippen LogP) is 4.41. The molecule has 3 atom stereocenters. The van der Waals surface area contributed by atoms with E-state index in [9.17, 15) is 24.3 Å². The van der Waals surface area contributed by atoms with E-state index in [1.165, 1.54) is 19.1 Å². The summed E-state index contributed by atoms with van der Waals surface area (Å²) in [6.07, 6.45) is -0.355. The number of imide groups is 1. The van der Waals surface area contributed by atoms with Gasteiger partial charge in [-0.3, -0.25) is 19.8 Å². The van der Waals surface area contributed by atoms with Crippen molar-refractivity contribution in [3.63, 3.8) is 0 Å². The van der Waals surface area contributed by atoms with E-state index in [1.54, 1.807) is 49.4 Å². The number of amides is 4. The highest BCUT2D eigenvalue weighted by Gasteiger charge is 2.58. The third-order valence-electron chi connectivity index (χ3n) is 8.37. The van der Waals surface area contributed by atoms with Gasteiger partial charge in [0.15, 0.2) is 0 Å². The van der Waals surface area contributed by atoms with Crippen molar-refractivity contribution in [3.8, 4) is 11.5 Å². The minimum Gasteiger partial charge on any atom is -0.497 e. The van der Waals surface area contributed by atoms with Gasteiger partial charge in [0.2, 0.25) is 5.91 Å². The lowest BCUT2D eigenvalue weighted by molar-refractivity contribution is -0.141. The number of carboxylic acids is 1. The zero-order chi connectivity index (χ0) is 34.5. The van der Waals surface area contributed by atoms with Crippen molar-refractivity contribution in [2.24, 2.45) is 11.7 Å². The van der Waals surface area contributed by atoms with Crippen LogP contribution in [-0.2, 0) is 26.5 Å².